The molecule has 0 N–H and O–H groups in total. The Morgan fingerprint density at radius 1 is 0.464 bits per heavy atom. The van der Waals surface area contributed by atoms with E-state index in [0.29, 0.717) is 0 Å². The van der Waals surface area contributed by atoms with Gasteiger partial charge < -0.3 is 52.1 Å². The minimum atomic E-state index is 0. The van der Waals surface area contributed by atoms with Gasteiger partial charge in [0.2, 0.25) is 0 Å². The average Bonchev–Trinajstić information content (AvgIpc) is 2.70. The van der Waals surface area contributed by atoms with Crippen molar-refractivity contribution in [3.8, 4) is 17.2 Å². The maximum Gasteiger partial charge on any atom is 3.00 e. The van der Waals surface area contributed by atoms with Gasteiger partial charge in [-0.2, -0.15) is 0 Å². The standard InChI is InChI=1S/3C7H8OS.Yb/c3*1-8-6-4-2-3-5-7(6)9;/h3*2-5,9H,1H3;/q;;;+3/p-3. The molecule has 3 nitrogen and oxygen atoms in total. The molecule has 1 radical (unpaired) electrons. The van der Waals surface area contributed by atoms with E-state index >= 15 is 0 Å². The molecule has 0 saturated carbocycles. The number of hydrogen-bond donors (Lipinski definition) is 0. The first kappa shape index (κ1) is 27.2. The van der Waals surface area contributed by atoms with Crippen LogP contribution in [0.15, 0.2) is 87.5 Å². The molecule has 0 spiro atoms. The molecule has 0 aliphatic heterocycles. The molecule has 3 aromatic carbocycles. The van der Waals surface area contributed by atoms with E-state index in [9.17, 15) is 0 Å². The minimum absolute atomic E-state index is 0. The summed E-state index contributed by atoms with van der Waals surface area (Å²) >= 11 is 14.8. The summed E-state index contributed by atoms with van der Waals surface area (Å²) in [6.07, 6.45) is 0. The Labute approximate surface area is 222 Å². The van der Waals surface area contributed by atoms with Crippen molar-refractivity contribution in [1.29, 1.82) is 0 Å². The largest absolute Gasteiger partial charge is 3.00 e. The normalized spacial score (nSPS) is 8.68. The summed E-state index contributed by atoms with van der Waals surface area (Å²) in [5, 5.41) is 0. The van der Waals surface area contributed by atoms with Crippen LogP contribution in [0.5, 0.6) is 17.2 Å². The minimum Gasteiger partial charge on any atom is -0.776 e. The molecule has 28 heavy (non-hydrogen) atoms. The molecule has 3 rings (SSSR count). The summed E-state index contributed by atoms with van der Waals surface area (Å²) in [6, 6.07) is 22.4. The maximum absolute atomic E-state index is 4.94. The molecular weight excluding hydrogens is 569 g/mol. The van der Waals surface area contributed by atoms with Gasteiger partial charge in [0.15, 0.2) is 0 Å². The van der Waals surface area contributed by atoms with Crippen LogP contribution in [0.3, 0.4) is 0 Å². The van der Waals surface area contributed by atoms with Crippen LogP contribution in [0.4, 0.5) is 0 Å². The summed E-state index contributed by atoms with van der Waals surface area (Å²) in [5.74, 6) is 2.31. The summed E-state index contributed by atoms with van der Waals surface area (Å²) in [4.78, 5) is 2.29. The summed E-state index contributed by atoms with van der Waals surface area (Å²) < 4.78 is 14.8. The van der Waals surface area contributed by atoms with Gasteiger partial charge in [-0.1, -0.05) is 54.6 Å². The first-order valence-corrected chi connectivity index (χ1v) is 9.16. The van der Waals surface area contributed by atoms with E-state index in [1.165, 1.54) is 0 Å². The van der Waals surface area contributed by atoms with E-state index in [0.717, 1.165) is 31.9 Å². The Bertz CT molecular complexity index is 708. The monoisotopic (exact) mass is 591 g/mol. The first-order valence-electron chi connectivity index (χ1n) is 7.93. The van der Waals surface area contributed by atoms with Crippen molar-refractivity contribution in [2.45, 2.75) is 14.7 Å². The molecule has 0 aliphatic rings. The molecule has 0 saturated heterocycles. The van der Waals surface area contributed by atoms with E-state index in [4.69, 9.17) is 52.1 Å². The molecule has 0 aliphatic carbocycles. The Morgan fingerprint density at radius 3 is 0.821 bits per heavy atom. The van der Waals surface area contributed by atoms with Gasteiger partial charge in [0.1, 0.15) is 0 Å². The third-order valence-corrected chi connectivity index (χ3v) is 4.22. The number of ether oxygens (including phenoxy) is 3. The van der Waals surface area contributed by atoms with Crippen LogP contribution in [-0.4, -0.2) is 21.3 Å². The molecule has 0 amide bonds. The van der Waals surface area contributed by atoms with Gasteiger partial charge in [0.25, 0.3) is 0 Å². The van der Waals surface area contributed by atoms with Gasteiger partial charge in [-0.05, 0) is 18.2 Å². The molecule has 0 fully saturated rings. The summed E-state index contributed by atoms with van der Waals surface area (Å²) in [5.41, 5.74) is 0. The van der Waals surface area contributed by atoms with Gasteiger partial charge in [0.05, 0.1) is 38.6 Å². The Hall–Kier alpha value is -0.761. The second-order valence-corrected chi connectivity index (χ2v) is 6.27. The summed E-state index contributed by atoms with van der Waals surface area (Å²) in [6.45, 7) is 0. The quantitative estimate of drug-likeness (QED) is 0.407. The van der Waals surface area contributed by atoms with E-state index in [-0.39, 0.29) is 46.9 Å². The topological polar surface area (TPSA) is 27.7 Å². The third kappa shape index (κ3) is 10.1. The van der Waals surface area contributed by atoms with Crippen LogP contribution in [0.25, 0.3) is 0 Å². The number of rotatable bonds is 3. The fraction of sp³-hybridized carbons (Fsp3) is 0.143. The SMILES string of the molecule is COc1ccccc1[S-].COc1ccccc1[S-].COc1ccccc1[S-].[Yb+3]. The van der Waals surface area contributed by atoms with Crippen molar-refractivity contribution < 1.29 is 61.1 Å². The first-order chi connectivity index (χ1) is 13.0. The number of benzene rings is 3. The zero-order valence-electron chi connectivity index (χ0n) is 15.6. The molecule has 0 aromatic heterocycles. The number of hydrogen-bond acceptors (Lipinski definition) is 6. The zero-order chi connectivity index (χ0) is 20.1. The van der Waals surface area contributed by atoms with Gasteiger partial charge in [0, 0.05) is 0 Å². The predicted octanol–water partition coefficient (Wildman–Crippen LogP) is 4.80. The van der Waals surface area contributed by atoms with Gasteiger partial charge in [-0.25, -0.2) is 0 Å². The van der Waals surface area contributed by atoms with E-state index in [2.05, 4.69) is 0 Å². The van der Waals surface area contributed by atoms with Crippen molar-refractivity contribution in [2.24, 2.45) is 0 Å². The number of methoxy groups -OCH3 is 3. The fourth-order valence-corrected chi connectivity index (χ4v) is 2.55. The van der Waals surface area contributed by atoms with E-state index < -0.39 is 0 Å². The second kappa shape index (κ2) is 16.1. The van der Waals surface area contributed by atoms with Gasteiger partial charge in [-0.15, -0.1) is 14.7 Å². The third-order valence-electron chi connectivity index (χ3n) is 3.21. The van der Waals surface area contributed by atoms with Gasteiger partial charge in [-0.3, -0.25) is 0 Å². The van der Waals surface area contributed by atoms with Crippen LogP contribution >= 0.6 is 0 Å². The molecule has 0 unspecified atom stereocenters. The van der Waals surface area contributed by atoms with Crippen LogP contribution in [0.1, 0.15) is 0 Å². The molecule has 7 heteroatoms. The second-order valence-electron chi connectivity index (χ2n) is 4.95. The fourth-order valence-electron chi connectivity index (χ4n) is 1.86. The Balaban J connectivity index is 0.000000384. The zero-order valence-corrected chi connectivity index (χ0v) is 19.8. The van der Waals surface area contributed by atoms with Crippen LogP contribution in [-0.2, 0) is 37.9 Å². The van der Waals surface area contributed by atoms with Crippen molar-refractivity contribution in [3.05, 3.63) is 72.8 Å². The van der Waals surface area contributed by atoms with Gasteiger partial charge >= 0.3 is 46.9 Å². The van der Waals surface area contributed by atoms with Crippen molar-refractivity contribution in [3.63, 3.8) is 0 Å². The van der Waals surface area contributed by atoms with Crippen molar-refractivity contribution >= 4 is 37.9 Å². The number of para-hydroxylation sites is 3. The molecule has 0 heterocycles. The molecular formula is C21H21O3S3Yb. The van der Waals surface area contributed by atoms with Crippen LogP contribution in [0, 0.1) is 46.9 Å². The Morgan fingerprint density at radius 2 is 0.679 bits per heavy atom. The van der Waals surface area contributed by atoms with Crippen molar-refractivity contribution in [2.75, 3.05) is 21.3 Å². The van der Waals surface area contributed by atoms with E-state index in [1.54, 1.807) is 21.3 Å². The smallest absolute Gasteiger partial charge is 0.776 e. The molecule has 3 aromatic rings. The Kier molecular flexibility index (Phi) is 15.6. The average molecular weight is 591 g/mol. The molecule has 155 valence electrons. The van der Waals surface area contributed by atoms with Crippen molar-refractivity contribution in [1.82, 2.24) is 0 Å². The predicted molar refractivity (Wildman–Crippen MR) is 116 cm³/mol. The maximum atomic E-state index is 4.94. The molecule has 0 bridgehead atoms. The van der Waals surface area contributed by atoms with Crippen LogP contribution in [0.2, 0.25) is 0 Å². The van der Waals surface area contributed by atoms with E-state index in [1.807, 2.05) is 72.8 Å². The summed E-state index contributed by atoms with van der Waals surface area (Å²) in [7, 11) is 4.85. The molecule has 0 atom stereocenters. The van der Waals surface area contributed by atoms with Crippen LogP contribution < -0.4 is 14.2 Å².